The molecule has 0 saturated carbocycles. The van der Waals surface area contributed by atoms with Gasteiger partial charge in [0.05, 0.1) is 10.6 Å². The van der Waals surface area contributed by atoms with Crippen molar-refractivity contribution in [3.63, 3.8) is 0 Å². The van der Waals surface area contributed by atoms with E-state index in [4.69, 9.17) is 21.1 Å². The molecule has 1 N–H and O–H groups in total. The predicted molar refractivity (Wildman–Crippen MR) is 90.9 cm³/mol. The van der Waals surface area contributed by atoms with Gasteiger partial charge in [-0.25, -0.2) is 9.18 Å². The molecule has 25 heavy (non-hydrogen) atoms. The Kier molecular flexibility index (Phi) is 5.00. The molecule has 2 aromatic rings. The van der Waals surface area contributed by atoms with Crippen molar-refractivity contribution in [1.82, 2.24) is 0 Å². The van der Waals surface area contributed by atoms with Crippen LogP contribution in [-0.2, 0) is 14.3 Å². The van der Waals surface area contributed by atoms with E-state index in [0.29, 0.717) is 17.0 Å². The van der Waals surface area contributed by atoms with Crippen molar-refractivity contribution >= 4 is 35.2 Å². The van der Waals surface area contributed by atoms with Gasteiger partial charge < -0.3 is 14.8 Å². The van der Waals surface area contributed by atoms with Gasteiger partial charge in [-0.1, -0.05) is 29.8 Å². The van der Waals surface area contributed by atoms with Gasteiger partial charge in [-0.2, -0.15) is 0 Å². The zero-order valence-corrected chi connectivity index (χ0v) is 13.7. The summed E-state index contributed by atoms with van der Waals surface area (Å²) in [5.74, 6) is -1.10. The number of carbonyl (C=O) groups is 2. The number of para-hydroxylation sites is 1. The molecule has 1 aliphatic rings. The summed E-state index contributed by atoms with van der Waals surface area (Å²) < 4.78 is 23.5. The maximum Gasteiger partial charge on any atom is 0.338 e. The molecule has 2 aromatic carbocycles. The number of esters is 1. The van der Waals surface area contributed by atoms with E-state index < -0.39 is 24.3 Å². The second-order valence-electron chi connectivity index (χ2n) is 5.25. The van der Waals surface area contributed by atoms with Crippen molar-refractivity contribution in [2.75, 3.05) is 18.5 Å². The number of fused-ring (bicyclic) bond motifs is 1. The van der Waals surface area contributed by atoms with Crippen LogP contribution >= 0.6 is 11.6 Å². The molecule has 128 valence electrons. The fraction of sp³-hybridized carbons (Fsp3) is 0.111. The third-order valence-corrected chi connectivity index (χ3v) is 3.72. The minimum absolute atomic E-state index is 0.0744. The third kappa shape index (κ3) is 4.16. The van der Waals surface area contributed by atoms with Crippen LogP contribution in [0.4, 0.5) is 10.1 Å². The summed E-state index contributed by atoms with van der Waals surface area (Å²) in [6.45, 7) is -0.405. The van der Waals surface area contributed by atoms with E-state index in [1.807, 2.05) is 18.2 Å². The van der Waals surface area contributed by atoms with Crippen LogP contribution < -0.4 is 10.1 Å². The molecule has 1 amide bonds. The van der Waals surface area contributed by atoms with Gasteiger partial charge in [0.1, 0.15) is 18.2 Å². The Balaban J connectivity index is 1.56. The Hall–Kier alpha value is -2.86. The van der Waals surface area contributed by atoms with Gasteiger partial charge in [0.2, 0.25) is 0 Å². The highest BCUT2D eigenvalue weighted by atomic mass is 35.5. The van der Waals surface area contributed by atoms with Crippen LogP contribution in [0.25, 0.3) is 6.08 Å². The SMILES string of the molecule is O=C(COC(=O)C1=Cc2ccccc2OC1)Nc1ccc(F)c(Cl)c1. The molecule has 0 radical (unpaired) electrons. The van der Waals surface area contributed by atoms with Crippen LogP contribution in [0.15, 0.2) is 48.0 Å². The standard InChI is InChI=1S/C18H13ClFNO4/c19-14-8-13(5-6-15(14)20)21-17(22)10-25-18(23)12-7-11-3-1-2-4-16(11)24-9-12/h1-8H,9-10H2,(H,21,22). The molecule has 0 fully saturated rings. The summed E-state index contributed by atoms with van der Waals surface area (Å²) in [5, 5.41) is 2.35. The summed E-state index contributed by atoms with van der Waals surface area (Å²) in [6.07, 6.45) is 1.67. The van der Waals surface area contributed by atoms with Crippen LogP contribution in [-0.4, -0.2) is 25.1 Å². The Morgan fingerprint density at radius 3 is 2.84 bits per heavy atom. The maximum atomic E-state index is 13.1. The second-order valence-corrected chi connectivity index (χ2v) is 5.66. The minimum atomic E-state index is -0.637. The van der Waals surface area contributed by atoms with Crippen molar-refractivity contribution in [1.29, 1.82) is 0 Å². The van der Waals surface area contributed by atoms with E-state index in [1.54, 1.807) is 12.1 Å². The Morgan fingerprint density at radius 2 is 2.04 bits per heavy atom. The highest BCUT2D eigenvalue weighted by Gasteiger charge is 2.19. The van der Waals surface area contributed by atoms with Crippen molar-refractivity contribution < 1.29 is 23.5 Å². The molecule has 0 aliphatic carbocycles. The lowest BCUT2D eigenvalue weighted by Crippen LogP contribution is -2.23. The molecule has 0 aromatic heterocycles. The highest BCUT2D eigenvalue weighted by molar-refractivity contribution is 6.31. The number of benzene rings is 2. The predicted octanol–water partition coefficient (Wildman–Crippen LogP) is 3.44. The monoisotopic (exact) mass is 361 g/mol. The van der Waals surface area contributed by atoms with Crippen LogP contribution in [0, 0.1) is 5.82 Å². The lowest BCUT2D eigenvalue weighted by Gasteiger charge is -2.16. The van der Waals surface area contributed by atoms with Crippen molar-refractivity contribution in [3.05, 3.63) is 64.4 Å². The van der Waals surface area contributed by atoms with E-state index in [9.17, 15) is 14.0 Å². The minimum Gasteiger partial charge on any atom is -0.488 e. The molecule has 0 atom stereocenters. The quantitative estimate of drug-likeness (QED) is 0.847. The maximum absolute atomic E-state index is 13.1. The number of anilines is 1. The lowest BCUT2D eigenvalue weighted by molar-refractivity contribution is -0.143. The van der Waals surface area contributed by atoms with Gasteiger partial charge in [-0.3, -0.25) is 4.79 Å². The van der Waals surface area contributed by atoms with Gasteiger partial charge in [0.25, 0.3) is 5.91 Å². The largest absolute Gasteiger partial charge is 0.488 e. The van der Waals surface area contributed by atoms with Crippen molar-refractivity contribution in [2.24, 2.45) is 0 Å². The first-order chi connectivity index (χ1) is 12.0. The molecule has 1 aliphatic heterocycles. The smallest absolute Gasteiger partial charge is 0.338 e. The van der Waals surface area contributed by atoms with E-state index in [1.165, 1.54) is 12.1 Å². The first-order valence-corrected chi connectivity index (χ1v) is 7.75. The first-order valence-electron chi connectivity index (χ1n) is 7.37. The molecule has 0 saturated heterocycles. The number of ether oxygens (including phenoxy) is 2. The molecular formula is C18H13ClFNO4. The zero-order chi connectivity index (χ0) is 17.8. The summed E-state index contributed by atoms with van der Waals surface area (Å²) in [5.41, 5.74) is 1.39. The Labute approximate surface area is 148 Å². The number of nitrogens with one attached hydrogen (secondary N) is 1. The summed E-state index contributed by atoms with van der Waals surface area (Å²) in [4.78, 5) is 23.9. The van der Waals surface area contributed by atoms with E-state index in [2.05, 4.69) is 5.32 Å². The number of halogens is 2. The molecule has 5 nitrogen and oxygen atoms in total. The third-order valence-electron chi connectivity index (χ3n) is 3.43. The van der Waals surface area contributed by atoms with Gasteiger partial charge in [0.15, 0.2) is 6.61 Å². The summed E-state index contributed by atoms with van der Waals surface area (Å²) in [7, 11) is 0. The molecule has 7 heteroatoms. The number of hydrogen-bond donors (Lipinski definition) is 1. The summed E-state index contributed by atoms with van der Waals surface area (Å²) in [6, 6.07) is 11.0. The van der Waals surface area contributed by atoms with Crippen LogP contribution in [0.2, 0.25) is 5.02 Å². The highest BCUT2D eigenvalue weighted by Crippen LogP contribution is 2.26. The number of carbonyl (C=O) groups excluding carboxylic acids is 2. The molecule has 1 heterocycles. The Morgan fingerprint density at radius 1 is 1.24 bits per heavy atom. The molecule has 0 spiro atoms. The second kappa shape index (κ2) is 7.36. The Bertz CT molecular complexity index is 866. The molecule has 0 unspecified atom stereocenters. The van der Waals surface area contributed by atoms with Crippen LogP contribution in [0.3, 0.4) is 0 Å². The average molecular weight is 362 g/mol. The zero-order valence-electron chi connectivity index (χ0n) is 12.9. The summed E-state index contributed by atoms with van der Waals surface area (Å²) >= 11 is 5.63. The van der Waals surface area contributed by atoms with E-state index >= 15 is 0 Å². The lowest BCUT2D eigenvalue weighted by atomic mass is 10.1. The van der Waals surface area contributed by atoms with E-state index in [-0.39, 0.29) is 11.6 Å². The molecular weight excluding hydrogens is 349 g/mol. The molecule has 0 bridgehead atoms. The van der Waals surface area contributed by atoms with Crippen LogP contribution in [0.1, 0.15) is 5.56 Å². The van der Waals surface area contributed by atoms with Gasteiger partial charge >= 0.3 is 5.97 Å². The first kappa shape index (κ1) is 17.0. The fourth-order valence-electron chi connectivity index (χ4n) is 2.23. The molecule has 3 rings (SSSR count). The number of hydrogen-bond acceptors (Lipinski definition) is 4. The van der Waals surface area contributed by atoms with Crippen LogP contribution in [0.5, 0.6) is 5.75 Å². The number of amides is 1. The average Bonchev–Trinajstić information content (AvgIpc) is 2.62. The van der Waals surface area contributed by atoms with Gasteiger partial charge in [-0.05, 0) is 30.3 Å². The van der Waals surface area contributed by atoms with E-state index in [0.717, 1.165) is 11.6 Å². The topological polar surface area (TPSA) is 64.6 Å². The van der Waals surface area contributed by atoms with Crippen molar-refractivity contribution in [2.45, 2.75) is 0 Å². The van der Waals surface area contributed by atoms with Crippen molar-refractivity contribution in [3.8, 4) is 5.75 Å². The normalized spacial score (nSPS) is 12.5. The number of rotatable bonds is 4. The fourth-order valence-corrected chi connectivity index (χ4v) is 2.41. The van der Waals surface area contributed by atoms with Gasteiger partial charge in [0, 0.05) is 11.3 Å². The van der Waals surface area contributed by atoms with Gasteiger partial charge in [-0.15, -0.1) is 0 Å².